The highest BCUT2D eigenvalue weighted by Gasteiger charge is 2.32. The lowest BCUT2D eigenvalue weighted by atomic mass is 9.77. The number of hydrogen-bond acceptors (Lipinski definition) is 2. The Kier molecular flexibility index (Phi) is 4.97. The fraction of sp³-hybridized carbons (Fsp3) is 0.286. The summed E-state index contributed by atoms with van der Waals surface area (Å²) >= 11 is 0. The van der Waals surface area contributed by atoms with Crippen LogP contribution in [0.4, 0.5) is 0 Å². The number of Topliss-reactive ketones (excluding diaryl/α,β-unsaturated/α-hetero) is 2. The van der Waals surface area contributed by atoms with Gasteiger partial charge in [0.15, 0.2) is 0 Å². The van der Waals surface area contributed by atoms with E-state index in [2.05, 4.69) is 71.0 Å². The molecule has 4 rings (SSSR count). The zero-order chi connectivity index (χ0) is 21.6. The third-order valence-corrected chi connectivity index (χ3v) is 6.60. The molecule has 0 radical (unpaired) electrons. The predicted molar refractivity (Wildman–Crippen MR) is 123 cm³/mol. The molecule has 0 aliphatic heterocycles. The second kappa shape index (κ2) is 7.36. The van der Waals surface area contributed by atoms with Crippen molar-refractivity contribution >= 4 is 11.6 Å². The van der Waals surface area contributed by atoms with Crippen molar-refractivity contribution in [2.45, 2.75) is 52.4 Å². The Hall–Kier alpha value is -3.00. The smallest absolute Gasteiger partial charge is 0.234 e. The van der Waals surface area contributed by atoms with Crippen LogP contribution < -0.4 is 0 Å². The van der Waals surface area contributed by atoms with Gasteiger partial charge in [0, 0.05) is 11.1 Å². The van der Waals surface area contributed by atoms with E-state index in [-0.39, 0.29) is 5.41 Å². The van der Waals surface area contributed by atoms with Gasteiger partial charge in [-0.1, -0.05) is 71.0 Å². The Labute approximate surface area is 179 Å². The lowest BCUT2D eigenvalue weighted by Gasteiger charge is -2.26. The van der Waals surface area contributed by atoms with Gasteiger partial charge in [-0.05, 0) is 75.4 Å². The van der Waals surface area contributed by atoms with E-state index in [4.69, 9.17) is 0 Å². The van der Waals surface area contributed by atoms with Crippen molar-refractivity contribution in [3.8, 4) is 22.3 Å². The largest absolute Gasteiger partial charge is 0.285 e. The van der Waals surface area contributed by atoms with Crippen molar-refractivity contribution in [2.24, 2.45) is 0 Å². The molecule has 0 N–H and O–H groups in total. The Morgan fingerprint density at radius 1 is 0.700 bits per heavy atom. The first kappa shape index (κ1) is 20.3. The van der Waals surface area contributed by atoms with E-state index in [0.717, 1.165) is 28.7 Å². The van der Waals surface area contributed by atoms with Gasteiger partial charge in [-0.2, -0.15) is 0 Å². The summed E-state index contributed by atoms with van der Waals surface area (Å²) in [6.45, 7) is 10.9. The highest BCUT2D eigenvalue weighted by atomic mass is 16.2. The molecule has 0 atom stereocenters. The molecule has 1 aliphatic rings. The van der Waals surface area contributed by atoms with E-state index in [1.807, 2.05) is 24.3 Å². The molecule has 0 spiro atoms. The maximum absolute atomic E-state index is 12.7. The fourth-order valence-corrected chi connectivity index (χ4v) is 4.04. The van der Waals surface area contributed by atoms with Gasteiger partial charge in [0.2, 0.25) is 11.6 Å². The van der Waals surface area contributed by atoms with E-state index in [0.29, 0.717) is 17.0 Å². The van der Waals surface area contributed by atoms with Crippen LogP contribution in [0, 0.1) is 0 Å². The van der Waals surface area contributed by atoms with Crippen LogP contribution >= 0.6 is 0 Å². The number of hydrogen-bond donors (Lipinski definition) is 0. The number of carbonyl (C=O) groups excluding carboxylic acids is 2. The van der Waals surface area contributed by atoms with Gasteiger partial charge in [-0.15, -0.1) is 0 Å². The van der Waals surface area contributed by atoms with Crippen LogP contribution in [-0.2, 0) is 5.41 Å². The van der Waals surface area contributed by atoms with Crippen molar-refractivity contribution in [3.05, 3.63) is 82.9 Å². The number of ketones is 2. The van der Waals surface area contributed by atoms with Crippen LogP contribution in [0.15, 0.2) is 60.7 Å². The van der Waals surface area contributed by atoms with E-state index >= 15 is 0 Å². The topological polar surface area (TPSA) is 34.1 Å². The minimum Gasteiger partial charge on any atom is -0.285 e. The SMILES string of the molecule is CCC(C)(C)c1ccc2c(c1)-c1cc(-c3ccc(C(C)C)cc3)ccc1C(=O)C2=O. The molecule has 2 nitrogen and oxygen atoms in total. The number of carbonyl (C=O) groups is 2. The average molecular weight is 397 g/mol. The zero-order valence-corrected chi connectivity index (χ0v) is 18.4. The van der Waals surface area contributed by atoms with Crippen molar-refractivity contribution in [1.82, 2.24) is 0 Å². The zero-order valence-electron chi connectivity index (χ0n) is 18.4. The molecule has 0 fully saturated rings. The number of benzene rings is 3. The average Bonchev–Trinajstić information content (AvgIpc) is 2.76. The van der Waals surface area contributed by atoms with E-state index in [9.17, 15) is 9.59 Å². The van der Waals surface area contributed by atoms with Crippen LogP contribution in [-0.4, -0.2) is 11.6 Å². The highest BCUT2D eigenvalue weighted by Crippen LogP contribution is 2.39. The molecule has 0 bridgehead atoms. The summed E-state index contributed by atoms with van der Waals surface area (Å²) in [5.41, 5.74) is 7.39. The van der Waals surface area contributed by atoms with Crippen molar-refractivity contribution < 1.29 is 9.59 Å². The number of rotatable bonds is 4. The maximum atomic E-state index is 12.7. The molecule has 0 heterocycles. The first-order valence-electron chi connectivity index (χ1n) is 10.7. The first-order chi connectivity index (χ1) is 14.2. The summed E-state index contributed by atoms with van der Waals surface area (Å²) in [7, 11) is 0. The summed E-state index contributed by atoms with van der Waals surface area (Å²) in [5.74, 6) is -0.340. The van der Waals surface area contributed by atoms with Crippen LogP contribution in [0.5, 0.6) is 0 Å². The second-order valence-corrected chi connectivity index (χ2v) is 9.19. The Bertz CT molecular complexity index is 1150. The van der Waals surface area contributed by atoms with Gasteiger partial charge < -0.3 is 0 Å². The fourth-order valence-electron chi connectivity index (χ4n) is 4.04. The summed E-state index contributed by atoms with van der Waals surface area (Å²) < 4.78 is 0. The van der Waals surface area contributed by atoms with Crippen LogP contribution in [0.1, 0.15) is 78.8 Å². The quantitative estimate of drug-likeness (QED) is 0.437. The van der Waals surface area contributed by atoms with Gasteiger partial charge in [0.05, 0.1) is 0 Å². The van der Waals surface area contributed by atoms with Crippen molar-refractivity contribution in [3.63, 3.8) is 0 Å². The molecule has 152 valence electrons. The minimum absolute atomic E-state index is 0.00395. The Morgan fingerprint density at radius 3 is 1.80 bits per heavy atom. The second-order valence-electron chi connectivity index (χ2n) is 9.19. The van der Waals surface area contributed by atoms with Gasteiger partial charge >= 0.3 is 0 Å². The molecule has 3 aromatic rings. The van der Waals surface area contributed by atoms with Gasteiger partial charge in [-0.25, -0.2) is 0 Å². The van der Waals surface area contributed by atoms with Gasteiger partial charge in [-0.3, -0.25) is 9.59 Å². The maximum Gasteiger partial charge on any atom is 0.234 e. The molecule has 0 amide bonds. The third kappa shape index (κ3) is 3.31. The van der Waals surface area contributed by atoms with Crippen LogP contribution in [0.2, 0.25) is 0 Å². The first-order valence-corrected chi connectivity index (χ1v) is 10.7. The molecule has 0 aromatic heterocycles. The molecule has 30 heavy (non-hydrogen) atoms. The molecule has 2 heteroatoms. The monoisotopic (exact) mass is 396 g/mol. The van der Waals surface area contributed by atoms with Gasteiger partial charge in [0.25, 0.3) is 0 Å². The standard InChI is InChI=1S/C28H28O2/c1-6-28(4,5)21-12-14-23-25(16-21)24-15-20(11-13-22(24)26(29)27(23)30)19-9-7-18(8-10-19)17(2)3/h7-17H,6H2,1-5H3. The summed E-state index contributed by atoms with van der Waals surface area (Å²) in [5, 5.41) is 0. The van der Waals surface area contributed by atoms with E-state index in [1.54, 1.807) is 0 Å². The lowest BCUT2D eigenvalue weighted by Crippen LogP contribution is -2.23. The molecular formula is C28H28O2. The third-order valence-electron chi connectivity index (χ3n) is 6.60. The van der Waals surface area contributed by atoms with Crippen LogP contribution in [0.25, 0.3) is 22.3 Å². The van der Waals surface area contributed by atoms with E-state index in [1.165, 1.54) is 11.1 Å². The molecule has 3 aromatic carbocycles. The highest BCUT2D eigenvalue weighted by molar-refractivity contribution is 6.53. The lowest BCUT2D eigenvalue weighted by molar-refractivity contribution is 0.0815. The Balaban J connectivity index is 1.88. The molecule has 1 aliphatic carbocycles. The van der Waals surface area contributed by atoms with Gasteiger partial charge in [0.1, 0.15) is 0 Å². The molecule has 0 saturated heterocycles. The molecule has 0 unspecified atom stereocenters. The van der Waals surface area contributed by atoms with Crippen molar-refractivity contribution in [2.75, 3.05) is 0 Å². The van der Waals surface area contributed by atoms with E-state index < -0.39 is 11.6 Å². The summed E-state index contributed by atoms with van der Waals surface area (Å²) in [6.07, 6.45) is 0.994. The number of fused-ring (bicyclic) bond motifs is 3. The summed E-state index contributed by atoms with van der Waals surface area (Å²) in [4.78, 5) is 25.5. The predicted octanol–water partition coefficient (Wildman–Crippen LogP) is 7.21. The molecule has 0 saturated carbocycles. The Morgan fingerprint density at radius 2 is 1.23 bits per heavy atom. The summed E-state index contributed by atoms with van der Waals surface area (Å²) in [6, 6.07) is 20.3. The normalized spacial score (nSPS) is 13.4. The van der Waals surface area contributed by atoms with Crippen molar-refractivity contribution in [1.29, 1.82) is 0 Å². The molecular weight excluding hydrogens is 368 g/mol. The van der Waals surface area contributed by atoms with Crippen LogP contribution in [0.3, 0.4) is 0 Å². The minimum atomic E-state index is -0.415.